The Balaban J connectivity index is 0.00000121. The molecule has 12 heavy (non-hydrogen) atoms. The van der Waals surface area contributed by atoms with Crippen LogP contribution in [0.25, 0.3) is 0 Å². The van der Waals surface area contributed by atoms with Crippen molar-refractivity contribution in [1.29, 1.82) is 0 Å². The maximum atomic E-state index is 10.0. The molecule has 0 atom stereocenters. The highest BCUT2D eigenvalue weighted by Gasteiger charge is 2.34. The van der Waals surface area contributed by atoms with Gasteiger partial charge >= 0.3 is 0 Å². The molecule has 0 amide bonds. The van der Waals surface area contributed by atoms with E-state index in [4.69, 9.17) is 5.73 Å². The van der Waals surface area contributed by atoms with E-state index in [9.17, 15) is 5.11 Å². The first-order valence-electron chi connectivity index (χ1n) is 4.52. The fraction of sp³-hybridized carbons (Fsp3) is 1.00. The van der Waals surface area contributed by atoms with Gasteiger partial charge in [0.25, 0.3) is 0 Å². The van der Waals surface area contributed by atoms with Crippen molar-refractivity contribution in [2.24, 2.45) is 11.7 Å². The molecule has 0 heterocycles. The maximum Gasteiger partial charge on any atom is 0.0671 e. The van der Waals surface area contributed by atoms with Gasteiger partial charge in [-0.2, -0.15) is 0 Å². The van der Waals surface area contributed by atoms with Gasteiger partial charge in [0.15, 0.2) is 0 Å². The zero-order valence-electron chi connectivity index (χ0n) is 7.92. The molecule has 0 radical (unpaired) electrons. The van der Waals surface area contributed by atoms with Crippen LogP contribution in [-0.4, -0.2) is 16.7 Å². The van der Waals surface area contributed by atoms with E-state index in [1.54, 1.807) is 0 Å². The Labute approximate surface area is 80.9 Å². The second-order valence-electron chi connectivity index (χ2n) is 4.10. The van der Waals surface area contributed by atoms with Gasteiger partial charge in [0.2, 0.25) is 0 Å². The van der Waals surface area contributed by atoms with Crippen molar-refractivity contribution in [3.05, 3.63) is 0 Å². The van der Waals surface area contributed by atoms with Gasteiger partial charge in [-0.1, -0.05) is 13.8 Å². The van der Waals surface area contributed by atoms with Gasteiger partial charge in [-0.15, -0.1) is 12.4 Å². The zero-order chi connectivity index (χ0) is 8.48. The molecule has 0 unspecified atom stereocenters. The molecule has 0 spiro atoms. The molecule has 0 aromatic carbocycles. The average Bonchev–Trinajstić information content (AvgIpc) is 1.95. The minimum atomic E-state index is -0.421. The van der Waals surface area contributed by atoms with Crippen molar-refractivity contribution in [3.8, 4) is 0 Å². The summed E-state index contributed by atoms with van der Waals surface area (Å²) in [5.41, 5.74) is 5.32. The van der Waals surface area contributed by atoms with E-state index < -0.39 is 5.60 Å². The Hall–Kier alpha value is 0.210. The molecule has 3 N–H and O–H groups in total. The molecular weight excluding hydrogens is 174 g/mol. The van der Waals surface area contributed by atoms with Gasteiger partial charge in [-0.25, -0.2) is 0 Å². The predicted octanol–water partition coefficient (Wildman–Crippen LogP) is 1.70. The normalized spacial score (nSPS) is 36.2. The quantitative estimate of drug-likeness (QED) is 0.666. The summed E-state index contributed by atoms with van der Waals surface area (Å²) in [5.74, 6) is 0.370. The van der Waals surface area contributed by atoms with E-state index in [1.165, 1.54) is 0 Å². The fourth-order valence-electron chi connectivity index (χ4n) is 1.72. The first-order chi connectivity index (χ1) is 5.04. The van der Waals surface area contributed by atoms with Crippen molar-refractivity contribution < 1.29 is 5.11 Å². The van der Waals surface area contributed by atoms with Crippen LogP contribution in [0, 0.1) is 5.92 Å². The van der Waals surface area contributed by atoms with Crippen molar-refractivity contribution in [2.75, 3.05) is 0 Å². The van der Waals surface area contributed by atoms with Crippen LogP contribution in [0.15, 0.2) is 0 Å². The van der Waals surface area contributed by atoms with Crippen molar-refractivity contribution >= 4 is 12.4 Å². The maximum absolute atomic E-state index is 10.0. The van der Waals surface area contributed by atoms with E-state index in [1.807, 2.05) is 0 Å². The lowest BCUT2D eigenvalue weighted by atomic mass is 9.76. The summed E-state index contributed by atoms with van der Waals surface area (Å²) in [6.07, 6.45) is 3.72. The third-order valence-electron chi connectivity index (χ3n) is 2.97. The molecule has 3 heteroatoms. The number of halogens is 1. The lowest BCUT2D eigenvalue weighted by Crippen LogP contribution is -2.42. The van der Waals surface area contributed by atoms with Gasteiger partial charge in [0, 0.05) is 6.04 Å². The number of rotatable bonds is 1. The van der Waals surface area contributed by atoms with Crippen molar-refractivity contribution in [1.82, 2.24) is 0 Å². The largest absolute Gasteiger partial charge is 0.390 e. The lowest BCUT2D eigenvalue weighted by molar-refractivity contribution is -0.0402. The van der Waals surface area contributed by atoms with E-state index in [0.29, 0.717) is 12.0 Å². The van der Waals surface area contributed by atoms with Crippen molar-refractivity contribution in [3.63, 3.8) is 0 Å². The molecule has 2 nitrogen and oxygen atoms in total. The minimum Gasteiger partial charge on any atom is -0.390 e. The van der Waals surface area contributed by atoms with Gasteiger partial charge in [-0.05, 0) is 31.6 Å². The number of hydrogen-bond donors (Lipinski definition) is 2. The highest BCUT2D eigenvalue weighted by Crippen LogP contribution is 2.33. The van der Waals surface area contributed by atoms with Crippen LogP contribution in [0.2, 0.25) is 0 Å². The first kappa shape index (κ1) is 12.2. The Morgan fingerprint density at radius 1 is 1.33 bits per heavy atom. The summed E-state index contributed by atoms with van der Waals surface area (Å²) in [6, 6.07) is 0.328. The van der Waals surface area contributed by atoms with Gasteiger partial charge in [0.05, 0.1) is 5.60 Å². The Bertz CT molecular complexity index is 130. The van der Waals surface area contributed by atoms with Crippen LogP contribution in [-0.2, 0) is 0 Å². The van der Waals surface area contributed by atoms with E-state index in [-0.39, 0.29) is 12.4 Å². The highest BCUT2D eigenvalue weighted by molar-refractivity contribution is 5.85. The van der Waals surface area contributed by atoms with Gasteiger partial charge in [-0.3, -0.25) is 0 Å². The molecule has 1 fully saturated rings. The minimum absolute atomic E-state index is 0. The van der Waals surface area contributed by atoms with Crippen LogP contribution < -0.4 is 5.73 Å². The number of nitrogens with two attached hydrogens (primary N) is 1. The van der Waals surface area contributed by atoms with Crippen LogP contribution in [0.1, 0.15) is 39.5 Å². The van der Waals surface area contributed by atoms with Crippen molar-refractivity contribution in [2.45, 2.75) is 51.2 Å². The summed E-state index contributed by atoms with van der Waals surface area (Å²) in [4.78, 5) is 0. The highest BCUT2D eigenvalue weighted by atomic mass is 35.5. The Kier molecular flexibility index (Phi) is 4.53. The monoisotopic (exact) mass is 193 g/mol. The second-order valence-corrected chi connectivity index (χ2v) is 4.10. The molecule has 0 aromatic heterocycles. The molecule has 0 aromatic rings. The van der Waals surface area contributed by atoms with Crippen LogP contribution in [0.4, 0.5) is 0 Å². The summed E-state index contributed by atoms with van der Waals surface area (Å²) in [5, 5.41) is 10.0. The third kappa shape index (κ3) is 2.61. The summed E-state index contributed by atoms with van der Waals surface area (Å²) < 4.78 is 0. The van der Waals surface area contributed by atoms with E-state index >= 15 is 0 Å². The Morgan fingerprint density at radius 3 is 2.08 bits per heavy atom. The standard InChI is InChI=1S/C9H19NO.ClH/c1-7(2)9(11)5-3-8(10)4-6-9;/h7-8,11H,3-6,10H2,1-2H3;1H. The number of hydrogen-bond acceptors (Lipinski definition) is 2. The molecule has 1 aliphatic carbocycles. The molecule has 1 aliphatic rings. The smallest absolute Gasteiger partial charge is 0.0671 e. The third-order valence-corrected chi connectivity index (χ3v) is 2.97. The SMILES string of the molecule is CC(C)C1(O)CCC(N)CC1.Cl. The summed E-state index contributed by atoms with van der Waals surface area (Å²) in [6.45, 7) is 4.16. The molecule has 0 saturated heterocycles. The molecule has 1 rings (SSSR count). The Morgan fingerprint density at radius 2 is 1.75 bits per heavy atom. The average molecular weight is 194 g/mol. The summed E-state index contributed by atoms with van der Waals surface area (Å²) >= 11 is 0. The molecule has 0 bridgehead atoms. The first-order valence-corrected chi connectivity index (χ1v) is 4.52. The summed E-state index contributed by atoms with van der Waals surface area (Å²) in [7, 11) is 0. The van der Waals surface area contributed by atoms with Crippen LogP contribution in [0.3, 0.4) is 0 Å². The van der Waals surface area contributed by atoms with Crippen LogP contribution >= 0.6 is 12.4 Å². The topological polar surface area (TPSA) is 46.2 Å². The molecule has 1 saturated carbocycles. The number of aliphatic hydroxyl groups is 1. The van der Waals surface area contributed by atoms with Gasteiger partial charge in [0.1, 0.15) is 0 Å². The van der Waals surface area contributed by atoms with E-state index in [0.717, 1.165) is 25.7 Å². The zero-order valence-corrected chi connectivity index (χ0v) is 8.73. The molecular formula is C9H20ClNO. The molecule has 0 aliphatic heterocycles. The predicted molar refractivity (Wildman–Crippen MR) is 53.5 cm³/mol. The lowest BCUT2D eigenvalue weighted by Gasteiger charge is -2.37. The molecule has 74 valence electrons. The second kappa shape index (κ2) is 4.45. The van der Waals surface area contributed by atoms with E-state index in [2.05, 4.69) is 13.8 Å². The van der Waals surface area contributed by atoms with Crippen LogP contribution in [0.5, 0.6) is 0 Å². The van der Waals surface area contributed by atoms with Gasteiger partial charge < -0.3 is 10.8 Å². The fourth-order valence-corrected chi connectivity index (χ4v) is 1.72.